The molecular formula is C20H25FN2O3S. The van der Waals surface area contributed by atoms with Crippen molar-refractivity contribution < 1.29 is 17.5 Å². The molecule has 1 fully saturated rings. The molecule has 7 heteroatoms. The first kappa shape index (κ1) is 19.6. The quantitative estimate of drug-likeness (QED) is 0.756. The highest BCUT2D eigenvalue weighted by Crippen LogP contribution is 2.29. The summed E-state index contributed by atoms with van der Waals surface area (Å²) in [5, 5.41) is 0. The molecule has 27 heavy (non-hydrogen) atoms. The number of ether oxygens (including phenoxy) is 1. The van der Waals surface area contributed by atoms with Crippen LogP contribution in [-0.4, -0.2) is 45.5 Å². The lowest BCUT2D eigenvalue weighted by atomic mass is 10.2. The summed E-state index contributed by atoms with van der Waals surface area (Å²) >= 11 is 0. The van der Waals surface area contributed by atoms with Crippen LogP contribution in [0, 0.1) is 12.7 Å². The Morgan fingerprint density at radius 1 is 1.04 bits per heavy atom. The van der Waals surface area contributed by atoms with Crippen molar-refractivity contribution in [2.45, 2.75) is 25.2 Å². The molecule has 1 saturated heterocycles. The van der Waals surface area contributed by atoms with E-state index in [1.807, 2.05) is 19.9 Å². The lowest BCUT2D eigenvalue weighted by Gasteiger charge is -2.35. The second-order valence-electron chi connectivity index (χ2n) is 6.67. The van der Waals surface area contributed by atoms with Crippen molar-refractivity contribution in [1.82, 2.24) is 4.31 Å². The van der Waals surface area contributed by atoms with Gasteiger partial charge in [-0.2, -0.15) is 4.31 Å². The highest BCUT2D eigenvalue weighted by Gasteiger charge is 2.31. The van der Waals surface area contributed by atoms with Crippen LogP contribution in [-0.2, 0) is 10.0 Å². The van der Waals surface area contributed by atoms with E-state index in [4.69, 9.17) is 4.74 Å². The molecule has 0 atom stereocenters. The van der Waals surface area contributed by atoms with Gasteiger partial charge in [-0.05, 0) is 55.3 Å². The van der Waals surface area contributed by atoms with Crippen molar-refractivity contribution in [3.8, 4) is 5.75 Å². The summed E-state index contributed by atoms with van der Waals surface area (Å²) in [5.41, 5.74) is 1.78. The molecule has 3 rings (SSSR count). The van der Waals surface area contributed by atoms with Crippen molar-refractivity contribution in [2.75, 3.05) is 37.7 Å². The maximum absolute atomic E-state index is 13.2. The largest absolute Gasteiger partial charge is 0.492 e. The lowest BCUT2D eigenvalue weighted by molar-refractivity contribution is 0.307. The third-order valence-corrected chi connectivity index (χ3v) is 6.53. The van der Waals surface area contributed by atoms with E-state index in [1.165, 1.54) is 16.4 Å². The molecule has 1 aliphatic heterocycles. The van der Waals surface area contributed by atoms with Gasteiger partial charge in [-0.1, -0.05) is 13.0 Å². The maximum Gasteiger partial charge on any atom is 0.246 e. The van der Waals surface area contributed by atoms with Crippen LogP contribution in [0.2, 0.25) is 0 Å². The predicted molar refractivity (Wildman–Crippen MR) is 104 cm³/mol. The van der Waals surface area contributed by atoms with Crippen molar-refractivity contribution in [2.24, 2.45) is 0 Å². The number of rotatable bonds is 6. The Hall–Kier alpha value is -2.12. The molecule has 2 aromatic carbocycles. The molecule has 0 saturated carbocycles. The van der Waals surface area contributed by atoms with Crippen LogP contribution in [0.3, 0.4) is 0 Å². The van der Waals surface area contributed by atoms with Gasteiger partial charge in [-0.15, -0.1) is 0 Å². The van der Waals surface area contributed by atoms with Crippen LogP contribution >= 0.6 is 0 Å². The summed E-state index contributed by atoms with van der Waals surface area (Å²) in [6, 6.07) is 11.5. The van der Waals surface area contributed by atoms with Crippen LogP contribution in [0.1, 0.15) is 18.9 Å². The first-order valence-corrected chi connectivity index (χ1v) is 10.6. The first-order valence-electron chi connectivity index (χ1n) is 9.16. The molecule has 0 spiro atoms. The molecule has 0 aliphatic carbocycles. The first-order chi connectivity index (χ1) is 12.9. The van der Waals surface area contributed by atoms with Crippen LogP contribution in [0.4, 0.5) is 10.1 Å². The Morgan fingerprint density at radius 2 is 1.70 bits per heavy atom. The Bertz CT molecular complexity index is 877. The summed E-state index contributed by atoms with van der Waals surface area (Å²) in [7, 11) is -3.64. The summed E-state index contributed by atoms with van der Waals surface area (Å²) in [6.45, 7) is 6.20. The fourth-order valence-corrected chi connectivity index (χ4v) is 4.76. The van der Waals surface area contributed by atoms with Crippen LogP contribution in [0.5, 0.6) is 5.75 Å². The standard InChI is InChI=1S/C20H25FN2O3S/c1-3-14-26-19-9-4-16(2)15-20(19)27(24,25)23-12-10-22(11-13-23)18-7-5-17(21)6-8-18/h4-9,15H,3,10-14H2,1-2H3. The third kappa shape index (κ3) is 4.42. The topological polar surface area (TPSA) is 49.9 Å². The average molecular weight is 392 g/mol. The molecule has 5 nitrogen and oxygen atoms in total. The molecule has 1 aliphatic rings. The second kappa shape index (κ2) is 8.27. The summed E-state index contributed by atoms with van der Waals surface area (Å²) in [6.07, 6.45) is 0.809. The number of piperazine rings is 1. The van der Waals surface area contributed by atoms with Crippen molar-refractivity contribution in [3.05, 3.63) is 53.8 Å². The normalized spacial score (nSPS) is 15.7. The van der Waals surface area contributed by atoms with Gasteiger partial charge in [0.25, 0.3) is 0 Å². The van der Waals surface area contributed by atoms with Gasteiger partial charge in [0.05, 0.1) is 6.61 Å². The third-order valence-electron chi connectivity index (χ3n) is 4.61. The Kier molecular flexibility index (Phi) is 6.01. The second-order valence-corrected chi connectivity index (χ2v) is 8.57. The van der Waals surface area contributed by atoms with E-state index in [9.17, 15) is 12.8 Å². The van der Waals surface area contributed by atoms with Gasteiger partial charge >= 0.3 is 0 Å². The summed E-state index contributed by atoms with van der Waals surface area (Å²) < 4.78 is 46.6. The predicted octanol–water partition coefficient (Wildman–Crippen LogP) is 3.43. The van der Waals surface area contributed by atoms with Gasteiger partial charge in [0.15, 0.2) is 0 Å². The van der Waals surface area contributed by atoms with Crippen LogP contribution in [0.15, 0.2) is 47.4 Å². The number of hydrogen-bond donors (Lipinski definition) is 0. The smallest absolute Gasteiger partial charge is 0.246 e. The Balaban J connectivity index is 1.77. The van der Waals surface area contributed by atoms with Gasteiger partial charge in [-0.3, -0.25) is 0 Å². The molecule has 1 heterocycles. The summed E-state index contributed by atoms with van der Waals surface area (Å²) in [5.74, 6) is 0.127. The number of aryl methyl sites for hydroxylation is 1. The van der Waals surface area contributed by atoms with E-state index in [1.54, 1.807) is 24.3 Å². The van der Waals surface area contributed by atoms with Gasteiger partial charge in [0.2, 0.25) is 10.0 Å². The fraction of sp³-hybridized carbons (Fsp3) is 0.400. The molecule has 0 aromatic heterocycles. The highest BCUT2D eigenvalue weighted by molar-refractivity contribution is 7.89. The van der Waals surface area contributed by atoms with Gasteiger partial charge in [-0.25, -0.2) is 12.8 Å². The monoisotopic (exact) mass is 392 g/mol. The van der Waals surface area contributed by atoms with Crippen LogP contribution in [0.25, 0.3) is 0 Å². The summed E-state index contributed by atoms with van der Waals surface area (Å²) in [4.78, 5) is 2.29. The molecule has 0 unspecified atom stereocenters. The number of benzene rings is 2. The zero-order valence-electron chi connectivity index (χ0n) is 15.7. The van der Waals surface area contributed by atoms with Gasteiger partial charge < -0.3 is 9.64 Å². The van der Waals surface area contributed by atoms with E-state index in [2.05, 4.69) is 4.90 Å². The Labute approximate surface area is 160 Å². The minimum atomic E-state index is -3.64. The molecule has 0 N–H and O–H groups in total. The van der Waals surface area contributed by atoms with Crippen molar-refractivity contribution >= 4 is 15.7 Å². The molecule has 0 bridgehead atoms. The van der Waals surface area contributed by atoms with E-state index in [-0.39, 0.29) is 10.7 Å². The zero-order chi connectivity index (χ0) is 19.4. The van der Waals surface area contributed by atoms with Crippen LogP contribution < -0.4 is 9.64 Å². The number of anilines is 1. The van der Waals surface area contributed by atoms with Gasteiger partial charge in [0.1, 0.15) is 16.5 Å². The number of sulfonamides is 1. The number of nitrogens with zero attached hydrogens (tertiary/aromatic N) is 2. The number of hydrogen-bond acceptors (Lipinski definition) is 4. The average Bonchev–Trinajstić information content (AvgIpc) is 2.67. The molecule has 146 valence electrons. The molecular weight excluding hydrogens is 367 g/mol. The van der Waals surface area contributed by atoms with E-state index in [0.29, 0.717) is 38.5 Å². The van der Waals surface area contributed by atoms with Gasteiger partial charge in [0, 0.05) is 31.9 Å². The molecule has 0 radical (unpaired) electrons. The number of halogens is 1. The SMILES string of the molecule is CCCOc1ccc(C)cc1S(=O)(=O)N1CCN(c2ccc(F)cc2)CC1. The highest BCUT2D eigenvalue weighted by atomic mass is 32.2. The van der Waals surface area contributed by atoms with E-state index in [0.717, 1.165) is 17.7 Å². The Morgan fingerprint density at radius 3 is 2.33 bits per heavy atom. The fourth-order valence-electron chi connectivity index (χ4n) is 3.13. The zero-order valence-corrected chi connectivity index (χ0v) is 16.5. The molecule has 0 amide bonds. The minimum absolute atomic E-state index is 0.228. The van der Waals surface area contributed by atoms with E-state index < -0.39 is 10.0 Å². The minimum Gasteiger partial charge on any atom is -0.492 e. The van der Waals surface area contributed by atoms with Crippen molar-refractivity contribution in [3.63, 3.8) is 0 Å². The molecule has 2 aromatic rings. The van der Waals surface area contributed by atoms with Crippen molar-refractivity contribution in [1.29, 1.82) is 0 Å². The lowest BCUT2D eigenvalue weighted by Crippen LogP contribution is -2.48. The maximum atomic E-state index is 13.2. The van der Waals surface area contributed by atoms with E-state index >= 15 is 0 Å².